The lowest BCUT2D eigenvalue weighted by Gasteiger charge is -2.54. The molecule has 0 saturated carbocycles. The van der Waals surface area contributed by atoms with Crippen LogP contribution in [0.3, 0.4) is 0 Å². The number of nitrogens with zero attached hydrogens (tertiary/aromatic N) is 1. The van der Waals surface area contributed by atoms with Gasteiger partial charge in [0.25, 0.3) is 0 Å². The van der Waals surface area contributed by atoms with Gasteiger partial charge in [0.1, 0.15) is 5.75 Å². The molecule has 4 aliphatic rings. The Kier molecular flexibility index (Phi) is 4.10. The highest BCUT2D eigenvalue weighted by Gasteiger charge is 2.67. The summed E-state index contributed by atoms with van der Waals surface area (Å²) in [5.74, 6) is -0.571. The number of para-hydroxylation sites is 2. The Morgan fingerprint density at radius 3 is 2.03 bits per heavy atom. The summed E-state index contributed by atoms with van der Waals surface area (Å²) in [4.78, 5) is 29.6. The molecule has 4 heteroatoms. The van der Waals surface area contributed by atoms with Gasteiger partial charge in [-0.05, 0) is 47.7 Å². The van der Waals surface area contributed by atoms with Crippen LogP contribution < -0.4 is 9.64 Å². The normalized spacial score (nSPS) is 27.2. The van der Waals surface area contributed by atoms with E-state index >= 15 is 0 Å². The fourth-order valence-corrected chi connectivity index (χ4v) is 6.69. The van der Waals surface area contributed by atoms with Crippen molar-refractivity contribution in [3.63, 3.8) is 0 Å². The minimum Gasteiger partial charge on any atom is -0.492 e. The molecule has 4 nitrogen and oxygen atoms in total. The Hall–Kier alpha value is -3.40. The van der Waals surface area contributed by atoms with Crippen LogP contribution >= 0.6 is 0 Å². The van der Waals surface area contributed by atoms with E-state index in [2.05, 4.69) is 43.3 Å². The second-order valence-electron chi connectivity index (χ2n) is 8.89. The summed E-state index contributed by atoms with van der Waals surface area (Å²) in [5.41, 5.74) is 4.83. The van der Waals surface area contributed by atoms with Crippen LogP contribution in [0.4, 0.5) is 5.69 Å². The van der Waals surface area contributed by atoms with E-state index in [1.165, 1.54) is 27.2 Å². The number of carbonyl (C=O) groups excluding carboxylic acids is 2. The van der Waals surface area contributed by atoms with Crippen LogP contribution in [0.15, 0.2) is 72.8 Å². The van der Waals surface area contributed by atoms with Gasteiger partial charge in [-0.15, -0.1) is 0 Å². The average molecular weight is 424 g/mol. The van der Waals surface area contributed by atoms with E-state index in [1.54, 1.807) is 0 Å². The van der Waals surface area contributed by atoms with Gasteiger partial charge >= 0.3 is 0 Å². The SMILES string of the molecule is CCOc1ccccc1N1C(=O)[C@@H]2C3c4ccccc4C(CC)(c4ccccc43)[C@H]2C1=O. The predicted molar refractivity (Wildman–Crippen MR) is 123 cm³/mol. The summed E-state index contributed by atoms with van der Waals surface area (Å²) in [7, 11) is 0. The summed E-state index contributed by atoms with van der Waals surface area (Å²) >= 11 is 0. The molecule has 2 bridgehead atoms. The summed E-state index contributed by atoms with van der Waals surface area (Å²) in [6, 6.07) is 24.2. The Morgan fingerprint density at radius 2 is 1.41 bits per heavy atom. The third kappa shape index (κ3) is 2.17. The van der Waals surface area contributed by atoms with Gasteiger partial charge in [-0.1, -0.05) is 67.6 Å². The molecule has 160 valence electrons. The van der Waals surface area contributed by atoms with Gasteiger partial charge in [0, 0.05) is 11.3 Å². The molecule has 0 radical (unpaired) electrons. The molecule has 2 atom stereocenters. The molecule has 0 unspecified atom stereocenters. The van der Waals surface area contributed by atoms with Crippen molar-refractivity contribution in [2.75, 3.05) is 11.5 Å². The Balaban J connectivity index is 1.61. The monoisotopic (exact) mass is 423 g/mol. The zero-order valence-corrected chi connectivity index (χ0v) is 18.2. The summed E-state index contributed by atoms with van der Waals surface area (Å²) < 4.78 is 5.80. The minimum atomic E-state index is -0.505. The van der Waals surface area contributed by atoms with E-state index in [-0.39, 0.29) is 17.7 Å². The molecular formula is C28H25NO3. The lowest BCUT2D eigenvalue weighted by Crippen LogP contribution is -2.53. The van der Waals surface area contributed by atoms with Gasteiger partial charge in [-0.3, -0.25) is 9.59 Å². The van der Waals surface area contributed by atoms with E-state index in [9.17, 15) is 9.59 Å². The van der Waals surface area contributed by atoms with E-state index in [1.807, 2.05) is 43.3 Å². The van der Waals surface area contributed by atoms with E-state index in [4.69, 9.17) is 4.74 Å². The number of hydrogen-bond donors (Lipinski definition) is 0. The minimum absolute atomic E-state index is 0.108. The molecule has 1 aliphatic heterocycles. The highest BCUT2D eigenvalue weighted by atomic mass is 16.5. The lowest BCUT2D eigenvalue weighted by molar-refractivity contribution is -0.123. The number of imide groups is 1. The third-order valence-electron chi connectivity index (χ3n) is 7.76. The highest BCUT2D eigenvalue weighted by molar-refractivity contribution is 6.24. The maximum absolute atomic E-state index is 14.1. The van der Waals surface area contributed by atoms with Gasteiger partial charge in [0.2, 0.25) is 11.8 Å². The molecule has 7 rings (SSSR count). The van der Waals surface area contributed by atoms with Crippen molar-refractivity contribution in [1.29, 1.82) is 0 Å². The zero-order valence-electron chi connectivity index (χ0n) is 18.2. The maximum atomic E-state index is 14.1. The molecule has 1 heterocycles. The van der Waals surface area contributed by atoms with Crippen LogP contribution in [0, 0.1) is 11.8 Å². The van der Waals surface area contributed by atoms with Crippen molar-refractivity contribution in [2.45, 2.75) is 31.6 Å². The van der Waals surface area contributed by atoms with Crippen LogP contribution in [0.5, 0.6) is 5.75 Å². The molecule has 32 heavy (non-hydrogen) atoms. The lowest BCUT2D eigenvalue weighted by atomic mass is 9.46. The van der Waals surface area contributed by atoms with E-state index in [0.717, 1.165) is 6.42 Å². The number of anilines is 1. The Morgan fingerprint density at radius 1 is 0.812 bits per heavy atom. The third-order valence-corrected chi connectivity index (χ3v) is 7.76. The van der Waals surface area contributed by atoms with Crippen molar-refractivity contribution in [3.05, 3.63) is 95.1 Å². The molecule has 0 aromatic heterocycles. The molecule has 0 N–H and O–H groups in total. The van der Waals surface area contributed by atoms with Gasteiger partial charge in [-0.25, -0.2) is 4.90 Å². The molecule has 0 spiro atoms. The van der Waals surface area contributed by atoms with Crippen LogP contribution in [0.25, 0.3) is 0 Å². The molecule has 2 amide bonds. The predicted octanol–water partition coefficient (Wildman–Crippen LogP) is 5.05. The first-order chi connectivity index (χ1) is 15.6. The van der Waals surface area contributed by atoms with Crippen LogP contribution in [-0.4, -0.2) is 18.4 Å². The molecular weight excluding hydrogens is 398 g/mol. The number of benzene rings is 3. The smallest absolute Gasteiger partial charge is 0.239 e. The fraction of sp³-hybridized carbons (Fsp3) is 0.286. The van der Waals surface area contributed by atoms with Crippen molar-refractivity contribution >= 4 is 17.5 Å². The first-order valence-corrected chi connectivity index (χ1v) is 11.4. The number of ether oxygens (including phenoxy) is 1. The van der Waals surface area contributed by atoms with Crippen LogP contribution in [0.2, 0.25) is 0 Å². The van der Waals surface area contributed by atoms with Crippen molar-refractivity contribution < 1.29 is 14.3 Å². The number of amides is 2. The number of rotatable bonds is 4. The Bertz CT molecular complexity index is 1220. The van der Waals surface area contributed by atoms with Crippen molar-refractivity contribution in [3.8, 4) is 5.75 Å². The van der Waals surface area contributed by atoms with Crippen molar-refractivity contribution in [2.24, 2.45) is 11.8 Å². The molecule has 3 aromatic rings. The van der Waals surface area contributed by atoms with E-state index < -0.39 is 17.3 Å². The van der Waals surface area contributed by atoms with Crippen molar-refractivity contribution in [1.82, 2.24) is 0 Å². The maximum Gasteiger partial charge on any atom is 0.239 e. The van der Waals surface area contributed by atoms with Gasteiger partial charge in [0.15, 0.2) is 0 Å². The summed E-state index contributed by atoms with van der Waals surface area (Å²) in [5, 5.41) is 0. The largest absolute Gasteiger partial charge is 0.492 e. The fourth-order valence-electron chi connectivity index (χ4n) is 6.69. The van der Waals surface area contributed by atoms with Gasteiger partial charge in [0.05, 0.1) is 24.1 Å². The molecule has 3 aliphatic carbocycles. The first kappa shape index (κ1) is 19.3. The molecule has 3 aromatic carbocycles. The summed E-state index contributed by atoms with van der Waals surface area (Å²) in [6.07, 6.45) is 0.759. The zero-order chi connectivity index (χ0) is 22.0. The van der Waals surface area contributed by atoms with Crippen LogP contribution in [-0.2, 0) is 15.0 Å². The molecule has 1 fully saturated rings. The quantitative estimate of drug-likeness (QED) is 0.552. The molecule has 1 saturated heterocycles. The van der Waals surface area contributed by atoms with Crippen LogP contribution in [0.1, 0.15) is 48.4 Å². The number of hydrogen-bond acceptors (Lipinski definition) is 3. The van der Waals surface area contributed by atoms with Gasteiger partial charge in [-0.2, -0.15) is 0 Å². The highest BCUT2D eigenvalue weighted by Crippen LogP contribution is 2.65. The average Bonchev–Trinajstić information content (AvgIpc) is 3.10. The topological polar surface area (TPSA) is 46.6 Å². The van der Waals surface area contributed by atoms with Gasteiger partial charge < -0.3 is 4.74 Å². The standard InChI is InChI=1S/C28H25NO3/c1-3-28-19-13-7-5-11-17(19)23(18-12-6-8-14-20(18)28)24-25(28)27(31)29(26(24)30)21-15-9-10-16-22(21)32-4-2/h5-16,23-25H,3-4H2,1-2H3/t23?,24-,25-,28?/m1/s1. The Labute approximate surface area is 187 Å². The summed E-state index contributed by atoms with van der Waals surface area (Å²) in [6.45, 7) is 4.52. The van der Waals surface area contributed by atoms with E-state index in [0.29, 0.717) is 18.0 Å². The second-order valence-corrected chi connectivity index (χ2v) is 8.89. The first-order valence-electron chi connectivity index (χ1n) is 11.4. The number of carbonyl (C=O) groups is 2. The second kappa shape index (κ2) is 6.80.